The zero-order chi connectivity index (χ0) is 107. The highest BCUT2D eigenvalue weighted by molar-refractivity contribution is 5.96. The average molecular weight is 2040 g/mol. The SMILES string of the molecule is C#CC#CC#CC#CC#C[C@H](CC(=O)NO)C(=O)C[C@@H](Cc1ccccc1)C(=O)NC.C#CC#CC#CC#CC#C[C@H](CC(=O)NO)C(=O)C[C@@H](Cc1ccccc1)C(=O)NC.C#CC#CC#CC#C[C@H](CC(=O)NO)C(=O)C[C@H](C(=O)NC)C(C)(C)C.C#CC#CC#CC#C[C@H](CC(=O)NO)C(=O)N1NCCC[C@H]1C(=O)NC.CNC(=O)[C@@H](CC(=O)[C@H](CCCc1ccccc1)CC(=O)NO)Cc1ccccc1.[HH].[HH].[HH].[HH].[HH].[HH].[HH].[HH].[HH].[HH].[HH].[HH].[HH].[HH].[HH].[HH].[HH].[HH].[HH].[HH].[HH].[HH].[HH].[HH].[HH].[HH].[HH].[HH].[HH].[HH].[HH].[HH].[HH].[HH].[HH].[HH].[HH].[HH].[HH].[HH].[HH].[HH].[HH].[HH].[HH].[HH].[HH].[HH].[HH]. The van der Waals surface area contributed by atoms with E-state index in [1.54, 1.807) is 12.5 Å². The molecule has 1 aliphatic heterocycles. The molecule has 0 aliphatic carbocycles. The summed E-state index contributed by atoms with van der Waals surface area (Å²) in [6.07, 6.45) is 22.4. The van der Waals surface area contributed by atoms with Crippen molar-refractivity contribution in [2.45, 2.75) is 136 Å². The Morgan fingerprint density at radius 1 is 0.347 bits per heavy atom. The Kier molecular flexibility index (Phi) is 64.9. The lowest BCUT2D eigenvalue weighted by atomic mass is 9.75. The number of likely N-dealkylation sites (N-methyl/N-ethyl adjacent to an activating group) is 1. The second-order valence-electron chi connectivity index (χ2n) is 31.2. The van der Waals surface area contributed by atoms with Crippen LogP contribution in [0.4, 0.5) is 0 Å². The van der Waals surface area contributed by atoms with Crippen molar-refractivity contribution in [3.05, 3.63) is 144 Å². The maximum Gasteiger partial charge on any atom is 0.253 e. The Labute approximate surface area is 913 Å². The first-order chi connectivity index (χ1) is 69.3. The Hall–Kier alpha value is -18.4. The second-order valence-corrected chi connectivity index (χ2v) is 31.2. The molecule has 1 saturated heterocycles. The first-order valence-corrected chi connectivity index (χ1v) is 44.2. The number of aryl methyl sites for hydroxylation is 1. The number of carbonyl (C=O) groups excluding carboxylic acids is 15. The van der Waals surface area contributed by atoms with Crippen LogP contribution in [-0.4, -0.2) is 167 Å². The number of hydrazine groups is 1. The molecule has 4 aromatic carbocycles. The summed E-state index contributed by atoms with van der Waals surface area (Å²) < 4.78 is 0. The normalized spacial score (nSPS) is 12.1. The number of ketones is 4. The zero-order valence-corrected chi connectivity index (χ0v) is 80.7. The van der Waals surface area contributed by atoms with Gasteiger partial charge in [0.15, 0.2) is 0 Å². The van der Waals surface area contributed by atoms with Crippen LogP contribution < -0.4 is 59.4 Å². The Balaban J connectivity index is -0.0000000269. The van der Waals surface area contributed by atoms with Crippen molar-refractivity contribution in [3.8, 4) is 215 Å². The molecular formula is C112H208N12O20. The van der Waals surface area contributed by atoms with Gasteiger partial charge in [-0.15, -0.1) is 25.7 Å². The fourth-order valence-corrected chi connectivity index (χ4v) is 13.0. The standard InChI is InChI=1S/2C25H20N2O4.C24H30N2O4.C20H22N2O4.C18H18N4O4.49H2/c2*1-3-4-5-6-7-8-9-13-16-21(19-24(29)27-31)23(28)18-22(25(30)26-2)17-20-14-11-10-12-15-20;1-25-24(29)21(15-19-11-6-3-7-12-19)16-22(27)20(17-23(28)26-30)14-8-13-18-9-4-2-5-10-18;1-6-7-8-9-10-11-12-15(13-18(24)22-26)17(23)14-16(19(25)21-5)20(2,3)4;1-3-4-5-6-7-8-10-14(13-16(23)21-26)18(25)22-15(17(24)19-2)11-9-12-20-22;;;;;;;;;;;;;;;;;;;;;;;;;;;;;;;;;;;;;;;;;;;;;;;;;/h2*1,10-12,14-15,21-22,31H,17-19H2,2H3,(H,26,30)(H,27,29);2-7,9-12,20-21,30H,8,13-17H2,1H3,(H,25,29)(H,26,28);1,15-16,26H,13-14H2,2-5H3,(H,21,25)(H,22,24);1,14-15,20,26H,9,11-13H2,2H3,(H,19,24)(H,21,23);49*1H/t2*21-,22-;20-,21-;15-,16-;14-,15+;;;;;;;;;;;;;;;;;;;;;;;;;;;;;;;;;;;;;;;;;;;;;;;;;/m11111................................................./s1. The van der Waals surface area contributed by atoms with Gasteiger partial charge >= 0.3 is 0 Å². The summed E-state index contributed by atoms with van der Waals surface area (Å²) in [7, 11) is 7.51. The van der Waals surface area contributed by atoms with Gasteiger partial charge in [0.05, 0.1) is 24.2 Å². The molecule has 144 heavy (non-hydrogen) atoms. The minimum Gasteiger partial charge on any atom is -0.359 e. The number of Topliss-reactive ketones (excluding diaryl/α,β-unsaturated/α-hetero) is 4. The molecule has 0 radical (unpaired) electrons. The van der Waals surface area contributed by atoms with E-state index < -0.39 is 118 Å². The summed E-state index contributed by atoms with van der Waals surface area (Å²) in [5, 5.41) is 57.8. The van der Waals surface area contributed by atoms with Crippen LogP contribution in [0.15, 0.2) is 121 Å². The summed E-state index contributed by atoms with van der Waals surface area (Å²) in [5.41, 5.74) is 13.8. The van der Waals surface area contributed by atoms with Crippen molar-refractivity contribution in [2.24, 2.45) is 58.7 Å². The molecule has 10 atom stereocenters. The smallest absolute Gasteiger partial charge is 0.253 e. The summed E-state index contributed by atoms with van der Waals surface area (Å²) in [6.45, 7) is 6.04. The van der Waals surface area contributed by atoms with Crippen LogP contribution in [-0.2, 0) is 97.6 Å². The number of nitrogens with zero attached hydrogens (tertiary/aromatic N) is 1. The molecule has 11 amide bonds. The number of terminal acetylenes is 4. The van der Waals surface area contributed by atoms with Crippen molar-refractivity contribution in [2.75, 3.05) is 41.8 Å². The number of hydroxylamine groups is 5. The number of hydrogen-bond donors (Lipinski definition) is 16. The molecule has 32 nitrogen and oxygen atoms in total. The highest BCUT2D eigenvalue weighted by Gasteiger charge is 2.38. The van der Waals surface area contributed by atoms with E-state index in [1.807, 2.05) is 142 Å². The molecule has 1 heterocycles. The maximum atomic E-state index is 13.0. The van der Waals surface area contributed by atoms with Gasteiger partial charge in [-0.3, -0.25) is 103 Å². The molecule has 4 aromatic rings. The van der Waals surface area contributed by atoms with Crippen molar-refractivity contribution in [3.63, 3.8) is 0 Å². The topological polar surface area (TPSA) is 493 Å². The number of carbonyl (C=O) groups is 15. The van der Waals surface area contributed by atoms with E-state index in [4.69, 9.17) is 51.7 Å². The third-order valence-electron chi connectivity index (χ3n) is 20.1. The molecule has 0 spiro atoms. The molecule has 0 aromatic heterocycles. The first kappa shape index (κ1) is 124. The van der Waals surface area contributed by atoms with Gasteiger partial charge in [-0.25, -0.2) is 32.8 Å². The molecule has 0 bridgehead atoms. The number of nitrogens with one attached hydrogen (secondary N) is 11. The highest BCUT2D eigenvalue weighted by Crippen LogP contribution is 2.31. The van der Waals surface area contributed by atoms with Crippen LogP contribution in [0.1, 0.15) is 196 Å². The van der Waals surface area contributed by atoms with E-state index in [1.165, 1.54) is 60.7 Å². The van der Waals surface area contributed by atoms with Crippen LogP contribution in [0.2, 0.25) is 0 Å². The number of hydrogen-bond acceptors (Lipinski definition) is 21. The largest absolute Gasteiger partial charge is 0.359 e. The van der Waals surface area contributed by atoms with E-state index in [0.717, 1.165) is 29.5 Å². The number of amides is 11. The summed E-state index contributed by atoms with van der Waals surface area (Å²) in [4.78, 5) is 183. The minimum atomic E-state index is -1.10. The van der Waals surface area contributed by atoms with Crippen LogP contribution in [0.5, 0.6) is 0 Å². The summed E-state index contributed by atoms with van der Waals surface area (Å²) in [5.74, 6) is 62.1. The molecular weight excluding hydrogens is 1830 g/mol. The Morgan fingerprint density at radius 2 is 0.625 bits per heavy atom. The molecule has 836 valence electrons. The number of rotatable bonds is 38. The predicted molar refractivity (Wildman–Crippen MR) is 638 cm³/mol. The van der Waals surface area contributed by atoms with Gasteiger partial charge in [-0.2, -0.15) is 0 Å². The van der Waals surface area contributed by atoms with Gasteiger partial charge in [0.1, 0.15) is 35.1 Å². The van der Waals surface area contributed by atoms with Gasteiger partial charge < -0.3 is 26.6 Å². The highest BCUT2D eigenvalue weighted by atomic mass is 16.5. The van der Waals surface area contributed by atoms with Gasteiger partial charge in [-0.05, 0) is 245 Å². The average Bonchev–Trinajstić information content (AvgIpc) is 0.806. The molecule has 5 rings (SSSR count). The molecule has 1 fully saturated rings. The minimum absolute atomic E-state index is 0. The lowest BCUT2D eigenvalue weighted by Gasteiger charge is -2.36. The zero-order valence-electron chi connectivity index (χ0n) is 80.7. The van der Waals surface area contributed by atoms with E-state index in [-0.39, 0.29) is 162 Å². The van der Waals surface area contributed by atoms with Gasteiger partial charge in [0, 0.05) is 193 Å². The van der Waals surface area contributed by atoms with Gasteiger partial charge in [-0.1, -0.05) is 166 Å². The Morgan fingerprint density at radius 3 is 0.924 bits per heavy atom. The van der Waals surface area contributed by atoms with E-state index in [2.05, 4.69) is 221 Å². The van der Waals surface area contributed by atoms with Crippen molar-refractivity contribution in [1.29, 1.82) is 0 Å². The molecule has 16 N–H and O–H groups in total. The monoisotopic (exact) mass is 2040 g/mol. The maximum absolute atomic E-state index is 13.0. The first-order valence-electron chi connectivity index (χ1n) is 44.2. The number of benzene rings is 4. The van der Waals surface area contributed by atoms with Crippen molar-refractivity contribution < 1.29 is 168 Å². The third kappa shape index (κ3) is 54.5. The van der Waals surface area contributed by atoms with Crippen LogP contribution in [0.3, 0.4) is 0 Å². The quantitative estimate of drug-likeness (QED) is 0.0113. The Bertz CT molecular complexity index is 6270. The summed E-state index contributed by atoms with van der Waals surface area (Å²) in [6, 6.07) is 37.3. The lowest BCUT2D eigenvalue weighted by molar-refractivity contribution is -0.149. The predicted octanol–water partition coefficient (Wildman–Crippen LogP) is 15.4. The van der Waals surface area contributed by atoms with Crippen molar-refractivity contribution >= 4 is 88.1 Å². The molecule has 0 unspecified atom stereocenters. The van der Waals surface area contributed by atoms with Crippen molar-refractivity contribution in [1.82, 2.24) is 64.4 Å². The van der Waals surface area contributed by atoms with E-state index in [9.17, 15) is 71.9 Å². The fraction of sp³-hybridized carbons (Fsp3) is 0.330. The molecule has 32 heteroatoms. The molecule has 0 saturated carbocycles. The van der Waals surface area contributed by atoms with Gasteiger partial charge in [0.25, 0.3) is 5.91 Å². The van der Waals surface area contributed by atoms with E-state index in [0.29, 0.717) is 45.1 Å². The van der Waals surface area contributed by atoms with Crippen LogP contribution in [0.25, 0.3) is 0 Å². The summed E-state index contributed by atoms with van der Waals surface area (Å²) >= 11 is 0. The van der Waals surface area contributed by atoms with Gasteiger partial charge in [0.2, 0.25) is 59.1 Å². The third-order valence-corrected chi connectivity index (χ3v) is 20.1. The lowest BCUT2D eigenvalue weighted by Crippen LogP contribution is -2.59. The fourth-order valence-electron chi connectivity index (χ4n) is 13.0. The van der Waals surface area contributed by atoms with E-state index >= 15 is 0 Å². The van der Waals surface area contributed by atoms with Crippen LogP contribution >= 0.6 is 0 Å². The van der Waals surface area contributed by atoms with Crippen LogP contribution in [0, 0.1) is 274 Å². The molecule has 1 aliphatic rings. The second kappa shape index (κ2) is 75.6.